The molecule has 5 rings (SSSR count). The van der Waals surface area contributed by atoms with E-state index in [9.17, 15) is 9.59 Å². The number of ether oxygens (including phenoxy) is 1. The number of likely N-dealkylation sites (tertiary alicyclic amines) is 2. The lowest BCUT2D eigenvalue weighted by Crippen LogP contribution is -2.50. The number of aromatic nitrogens is 1. The van der Waals surface area contributed by atoms with Gasteiger partial charge in [-0.3, -0.25) is 9.78 Å². The normalized spacial score (nSPS) is 18.2. The van der Waals surface area contributed by atoms with Gasteiger partial charge in [-0.15, -0.1) is 11.3 Å². The number of rotatable bonds is 5. The first kappa shape index (κ1) is 21.5. The van der Waals surface area contributed by atoms with Crippen LogP contribution in [0, 0.1) is 6.92 Å². The first-order chi connectivity index (χ1) is 16.0. The summed E-state index contributed by atoms with van der Waals surface area (Å²) in [6.45, 7) is 4.68. The standard InChI is InChI=1S/C25H26N4O3S/c1-17-4-9-23(33-17)24(30)28-12-10-22(16-28)32-21-7-5-20(6-8-21)27-25(31)29-14-19(15-29)18-3-2-11-26-13-18/h2-9,11,13,19,22H,10,12,14-16H2,1H3,(H,27,31). The highest BCUT2D eigenvalue weighted by Gasteiger charge is 2.32. The topological polar surface area (TPSA) is 74.8 Å². The number of nitrogens with one attached hydrogen (secondary N) is 1. The molecule has 7 nitrogen and oxygen atoms in total. The Bertz CT molecular complexity index is 1130. The Hall–Kier alpha value is -3.39. The first-order valence-corrected chi connectivity index (χ1v) is 11.9. The van der Waals surface area contributed by atoms with Crippen LogP contribution in [-0.4, -0.2) is 59.0 Å². The minimum atomic E-state index is -0.0995. The molecule has 2 aliphatic heterocycles. The second-order valence-electron chi connectivity index (χ2n) is 8.53. The van der Waals surface area contributed by atoms with Gasteiger partial charge in [0.15, 0.2) is 0 Å². The van der Waals surface area contributed by atoms with Gasteiger partial charge in [0.1, 0.15) is 11.9 Å². The summed E-state index contributed by atoms with van der Waals surface area (Å²) in [5.41, 5.74) is 1.90. The summed E-state index contributed by atoms with van der Waals surface area (Å²) in [7, 11) is 0. The van der Waals surface area contributed by atoms with Crippen LogP contribution in [0.4, 0.5) is 10.5 Å². The Morgan fingerprint density at radius 2 is 1.88 bits per heavy atom. The predicted octanol–water partition coefficient (Wildman–Crippen LogP) is 4.38. The third-order valence-electron chi connectivity index (χ3n) is 6.12. The van der Waals surface area contributed by atoms with Gasteiger partial charge < -0.3 is 19.9 Å². The summed E-state index contributed by atoms with van der Waals surface area (Å²) in [5.74, 6) is 1.16. The van der Waals surface area contributed by atoms with E-state index < -0.39 is 0 Å². The number of hydrogen-bond donors (Lipinski definition) is 1. The molecule has 3 aromatic rings. The molecule has 1 aromatic carbocycles. The van der Waals surface area contributed by atoms with Crippen LogP contribution in [0.1, 0.15) is 32.5 Å². The molecule has 0 aliphatic carbocycles. The quantitative estimate of drug-likeness (QED) is 0.611. The van der Waals surface area contributed by atoms with E-state index in [0.29, 0.717) is 32.1 Å². The molecule has 8 heteroatoms. The van der Waals surface area contributed by atoms with Crippen LogP contribution >= 0.6 is 11.3 Å². The van der Waals surface area contributed by atoms with Crippen LogP contribution in [0.3, 0.4) is 0 Å². The molecule has 33 heavy (non-hydrogen) atoms. The number of hydrogen-bond acceptors (Lipinski definition) is 5. The Morgan fingerprint density at radius 1 is 1.06 bits per heavy atom. The maximum atomic E-state index is 12.6. The summed E-state index contributed by atoms with van der Waals surface area (Å²) < 4.78 is 6.08. The highest BCUT2D eigenvalue weighted by atomic mass is 32.1. The molecule has 2 saturated heterocycles. The SMILES string of the molecule is Cc1ccc(C(=O)N2CCC(Oc3ccc(NC(=O)N4CC(c5cccnc5)C4)cc3)C2)s1. The third kappa shape index (κ3) is 4.85. The van der Waals surface area contributed by atoms with Crippen molar-refractivity contribution in [2.24, 2.45) is 0 Å². The fraction of sp³-hybridized carbons (Fsp3) is 0.320. The molecule has 0 bridgehead atoms. The number of amides is 3. The molecular formula is C25H26N4O3S. The van der Waals surface area contributed by atoms with Gasteiger partial charge in [-0.25, -0.2) is 4.79 Å². The lowest BCUT2D eigenvalue weighted by Gasteiger charge is -2.39. The van der Waals surface area contributed by atoms with Crippen LogP contribution in [0.5, 0.6) is 5.75 Å². The number of aryl methyl sites for hydroxylation is 1. The van der Waals surface area contributed by atoms with Gasteiger partial charge in [0.05, 0.1) is 11.4 Å². The van der Waals surface area contributed by atoms with Crippen molar-refractivity contribution in [1.82, 2.24) is 14.8 Å². The van der Waals surface area contributed by atoms with Crippen LogP contribution in [0.2, 0.25) is 0 Å². The van der Waals surface area contributed by atoms with Crippen LogP contribution < -0.4 is 10.1 Å². The molecule has 0 radical (unpaired) electrons. The maximum absolute atomic E-state index is 12.6. The molecule has 2 aliphatic rings. The van der Waals surface area contributed by atoms with Gasteiger partial charge in [-0.1, -0.05) is 6.07 Å². The van der Waals surface area contributed by atoms with Crippen molar-refractivity contribution in [1.29, 1.82) is 0 Å². The summed E-state index contributed by atoms with van der Waals surface area (Å²) in [6.07, 6.45) is 4.40. The van der Waals surface area contributed by atoms with Crippen LogP contribution in [-0.2, 0) is 0 Å². The Labute approximate surface area is 197 Å². The van der Waals surface area contributed by atoms with Crippen molar-refractivity contribution in [3.8, 4) is 5.75 Å². The largest absolute Gasteiger partial charge is 0.489 e. The molecule has 3 amide bonds. The van der Waals surface area contributed by atoms with Crippen molar-refractivity contribution >= 4 is 29.0 Å². The van der Waals surface area contributed by atoms with E-state index in [4.69, 9.17) is 4.74 Å². The van der Waals surface area contributed by atoms with E-state index in [0.717, 1.165) is 27.6 Å². The fourth-order valence-corrected chi connectivity index (χ4v) is 5.03. The number of carbonyl (C=O) groups excluding carboxylic acids is 2. The van der Waals surface area contributed by atoms with Gasteiger partial charge in [0, 0.05) is 54.9 Å². The number of nitrogens with zero attached hydrogens (tertiary/aromatic N) is 3. The highest BCUT2D eigenvalue weighted by molar-refractivity contribution is 7.13. The lowest BCUT2D eigenvalue weighted by molar-refractivity contribution is 0.0777. The number of carbonyl (C=O) groups is 2. The minimum absolute atomic E-state index is 0.0269. The number of anilines is 1. The van der Waals surface area contributed by atoms with E-state index in [1.807, 2.05) is 66.6 Å². The summed E-state index contributed by atoms with van der Waals surface area (Å²) in [4.78, 5) is 34.8. The van der Waals surface area contributed by atoms with Crippen LogP contribution in [0.25, 0.3) is 0 Å². The second-order valence-corrected chi connectivity index (χ2v) is 9.82. The van der Waals surface area contributed by atoms with Gasteiger partial charge in [0.25, 0.3) is 5.91 Å². The van der Waals surface area contributed by atoms with Crippen molar-refractivity contribution in [2.75, 3.05) is 31.5 Å². The van der Waals surface area contributed by atoms with Gasteiger partial charge >= 0.3 is 6.03 Å². The zero-order valence-corrected chi connectivity index (χ0v) is 19.3. The average Bonchev–Trinajstić information content (AvgIpc) is 3.43. The van der Waals surface area contributed by atoms with Gasteiger partial charge in [-0.05, 0) is 55.0 Å². The van der Waals surface area contributed by atoms with Crippen molar-refractivity contribution < 1.29 is 14.3 Å². The molecule has 1 atom stereocenters. The number of urea groups is 1. The van der Waals surface area contributed by atoms with E-state index in [-0.39, 0.29) is 18.0 Å². The summed E-state index contributed by atoms with van der Waals surface area (Å²) in [6, 6.07) is 15.1. The van der Waals surface area contributed by atoms with E-state index in [1.54, 1.807) is 11.1 Å². The van der Waals surface area contributed by atoms with Crippen molar-refractivity contribution in [3.63, 3.8) is 0 Å². The molecule has 2 fully saturated rings. The number of benzene rings is 1. The molecule has 2 aromatic heterocycles. The molecule has 170 valence electrons. The second kappa shape index (κ2) is 9.23. The Balaban J connectivity index is 1.09. The molecular weight excluding hydrogens is 436 g/mol. The monoisotopic (exact) mass is 462 g/mol. The summed E-state index contributed by atoms with van der Waals surface area (Å²) in [5, 5.41) is 2.94. The Morgan fingerprint density at radius 3 is 2.58 bits per heavy atom. The van der Waals surface area contributed by atoms with Crippen molar-refractivity contribution in [3.05, 3.63) is 76.2 Å². The van der Waals surface area contributed by atoms with Crippen molar-refractivity contribution in [2.45, 2.75) is 25.4 Å². The summed E-state index contributed by atoms with van der Waals surface area (Å²) >= 11 is 1.53. The molecule has 4 heterocycles. The van der Waals surface area contributed by atoms with E-state index in [1.165, 1.54) is 16.9 Å². The molecule has 1 N–H and O–H groups in total. The number of pyridine rings is 1. The first-order valence-electron chi connectivity index (χ1n) is 11.1. The zero-order valence-electron chi connectivity index (χ0n) is 18.4. The minimum Gasteiger partial charge on any atom is -0.489 e. The van der Waals surface area contributed by atoms with Crippen LogP contribution in [0.15, 0.2) is 60.9 Å². The van der Waals surface area contributed by atoms with Gasteiger partial charge in [-0.2, -0.15) is 0 Å². The number of thiophene rings is 1. The third-order valence-corrected chi connectivity index (χ3v) is 7.10. The Kier molecular flexibility index (Phi) is 6.00. The van der Waals surface area contributed by atoms with E-state index >= 15 is 0 Å². The predicted molar refractivity (Wildman–Crippen MR) is 128 cm³/mol. The fourth-order valence-electron chi connectivity index (χ4n) is 4.20. The van der Waals surface area contributed by atoms with Gasteiger partial charge in [0.2, 0.25) is 0 Å². The molecule has 0 spiro atoms. The van der Waals surface area contributed by atoms with E-state index in [2.05, 4.69) is 10.3 Å². The zero-order chi connectivity index (χ0) is 22.8. The average molecular weight is 463 g/mol. The molecule has 1 unspecified atom stereocenters. The molecule has 0 saturated carbocycles. The smallest absolute Gasteiger partial charge is 0.321 e. The lowest BCUT2D eigenvalue weighted by atomic mass is 9.93. The maximum Gasteiger partial charge on any atom is 0.321 e. The highest BCUT2D eigenvalue weighted by Crippen LogP contribution is 2.28.